The number of benzene rings is 13. The Balaban J connectivity index is 0.754. The summed E-state index contributed by atoms with van der Waals surface area (Å²) in [4.78, 5) is 50.3. The number of anilines is 6. The fourth-order valence-electron chi connectivity index (χ4n) is 14.1. The van der Waals surface area contributed by atoms with Gasteiger partial charge in [-0.1, -0.05) is 237 Å². The molecule has 13 aromatic carbocycles. The van der Waals surface area contributed by atoms with Gasteiger partial charge in [0.05, 0.1) is 22.3 Å². The average molecular weight is 1260 g/mol. The number of rotatable bonds is 13. The predicted molar refractivity (Wildman–Crippen MR) is 395 cm³/mol. The summed E-state index contributed by atoms with van der Waals surface area (Å²) in [6.45, 7) is 0.217. The van der Waals surface area contributed by atoms with E-state index in [1.807, 2.05) is 158 Å². The van der Waals surface area contributed by atoms with Gasteiger partial charge in [0.25, 0.3) is 6.71 Å². The van der Waals surface area contributed by atoms with Crippen molar-refractivity contribution in [2.24, 2.45) is 0 Å². The molecule has 11 nitrogen and oxygen atoms in total. The van der Waals surface area contributed by atoms with Gasteiger partial charge in [-0.05, 0) is 124 Å². The lowest BCUT2D eigenvalue weighted by molar-refractivity contribution is 0.0473. The third-order valence-electron chi connectivity index (χ3n) is 18.6. The minimum Gasteiger partial charge on any atom is -0.457 e. The van der Waals surface area contributed by atoms with Crippen LogP contribution in [0.4, 0.5) is 34.1 Å². The summed E-state index contributed by atoms with van der Waals surface area (Å²) in [6, 6.07) is 112. The standard InChI is InChI=1S/C86H56BN9O2/c97-86(98-55-56-23-6-1-7-24-56)64-48-52-73-68(54-64)67-33-16-19-36-72(67)96(73)74-51-47-63(84-90-80(59-25-8-2-9-26-59)88-81(91-84)60-27-10-3-11-28-60)53-69(74)85-92-82(61-29-12-4-13-30-61)89-83(93-85)62-43-41-57(42-44-62)58-45-49-66(50-46-58)95-76-38-21-18-35-71(76)87-70-34-17-20-37-75(70)94(65-31-14-5-15-32-65)77-39-22-40-78(95)79(77)87/h1-54H,55H2. The van der Waals surface area contributed by atoms with Crippen LogP contribution in [0.15, 0.2) is 328 Å². The molecule has 2 aliphatic heterocycles. The van der Waals surface area contributed by atoms with Crippen molar-refractivity contribution in [3.63, 3.8) is 0 Å². The van der Waals surface area contributed by atoms with Crippen LogP contribution in [-0.2, 0) is 11.3 Å². The Labute approximate surface area is 566 Å². The molecule has 3 aromatic heterocycles. The lowest BCUT2D eigenvalue weighted by Crippen LogP contribution is -2.61. The Hall–Kier alpha value is -13.2. The number of ether oxygens (including phenoxy) is 1. The molecule has 0 bridgehead atoms. The summed E-state index contributed by atoms with van der Waals surface area (Å²) in [6.07, 6.45) is 0. The van der Waals surface area contributed by atoms with Gasteiger partial charge in [0.2, 0.25) is 0 Å². The van der Waals surface area contributed by atoms with E-state index in [2.05, 4.69) is 184 Å². The van der Waals surface area contributed by atoms with Gasteiger partial charge in [-0.2, -0.15) is 0 Å². The Kier molecular flexibility index (Phi) is 14.2. The molecule has 0 saturated carbocycles. The van der Waals surface area contributed by atoms with Crippen LogP contribution >= 0.6 is 0 Å². The van der Waals surface area contributed by atoms with Crippen LogP contribution in [-0.4, -0.2) is 47.2 Å². The van der Waals surface area contributed by atoms with Gasteiger partial charge in [0, 0.05) is 78.3 Å². The fourth-order valence-corrected chi connectivity index (χ4v) is 14.1. The number of nitrogens with zero attached hydrogens (tertiary/aromatic N) is 9. The molecule has 98 heavy (non-hydrogen) atoms. The van der Waals surface area contributed by atoms with Crippen molar-refractivity contribution < 1.29 is 9.53 Å². The zero-order valence-electron chi connectivity index (χ0n) is 52.8. The molecule has 0 aliphatic carbocycles. The molecule has 0 N–H and O–H groups in total. The number of hydrogen-bond donors (Lipinski definition) is 0. The molecular formula is C86H56BN9O2. The van der Waals surface area contributed by atoms with Crippen molar-refractivity contribution in [1.82, 2.24) is 34.5 Å². The number of esters is 1. The minimum absolute atomic E-state index is 0.0584. The maximum absolute atomic E-state index is 13.9. The number of carbonyl (C=O) groups excluding carboxylic acids is 1. The molecule has 16 aromatic rings. The van der Waals surface area contributed by atoms with Crippen molar-refractivity contribution in [2.45, 2.75) is 6.61 Å². The topological polar surface area (TPSA) is 115 Å². The zero-order valence-corrected chi connectivity index (χ0v) is 52.8. The average Bonchev–Trinajstić information content (AvgIpc) is 0.831. The first-order chi connectivity index (χ1) is 48.5. The van der Waals surface area contributed by atoms with E-state index in [9.17, 15) is 4.79 Å². The van der Waals surface area contributed by atoms with E-state index in [-0.39, 0.29) is 13.3 Å². The van der Waals surface area contributed by atoms with Crippen molar-refractivity contribution in [1.29, 1.82) is 0 Å². The second-order valence-corrected chi connectivity index (χ2v) is 24.5. The van der Waals surface area contributed by atoms with Crippen molar-refractivity contribution >= 4 is 85.0 Å². The molecule has 0 unspecified atom stereocenters. The van der Waals surface area contributed by atoms with E-state index in [0.717, 1.165) is 94.8 Å². The maximum atomic E-state index is 13.9. The van der Waals surface area contributed by atoms with Crippen LogP contribution in [0.2, 0.25) is 0 Å². The number of carbonyl (C=O) groups is 1. The highest BCUT2D eigenvalue weighted by Gasteiger charge is 2.43. The van der Waals surface area contributed by atoms with Gasteiger partial charge in [0.15, 0.2) is 34.9 Å². The molecule has 5 heterocycles. The van der Waals surface area contributed by atoms with E-state index in [1.54, 1.807) is 0 Å². The number of fused-ring (bicyclic) bond motifs is 7. The second kappa shape index (κ2) is 24.3. The largest absolute Gasteiger partial charge is 0.457 e. The highest BCUT2D eigenvalue weighted by molar-refractivity contribution is 7.00. The number of para-hydroxylation sites is 4. The SMILES string of the molecule is O=C(OCc1ccccc1)c1ccc2c(c1)c1ccccc1n2-c1ccc(-c2nc(-c3ccccc3)nc(-c3ccccc3)n2)cc1-c1nc(-c2ccccc2)nc(-c2ccc(-c3ccc(N4c5ccccc5B5c6ccccc6N(c6ccccc6)c6cccc4c65)cc3)cc2)n1. The lowest BCUT2D eigenvalue weighted by Gasteiger charge is -2.44. The molecule has 0 saturated heterocycles. The van der Waals surface area contributed by atoms with Gasteiger partial charge < -0.3 is 19.1 Å². The van der Waals surface area contributed by atoms with E-state index in [0.29, 0.717) is 46.1 Å². The summed E-state index contributed by atoms with van der Waals surface area (Å²) >= 11 is 0. The van der Waals surface area contributed by atoms with Crippen molar-refractivity contribution in [2.75, 3.05) is 9.80 Å². The van der Waals surface area contributed by atoms with Gasteiger partial charge in [-0.3, -0.25) is 0 Å². The molecule has 0 fully saturated rings. The highest BCUT2D eigenvalue weighted by Crippen LogP contribution is 2.45. The minimum atomic E-state index is -0.409. The van der Waals surface area contributed by atoms with Gasteiger partial charge >= 0.3 is 5.97 Å². The Morgan fingerprint density at radius 2 is 0.735 bits per heavy atom. The molecule has 460 valence electrons. The van der Waals surface area contributed by atoms with Crippen LogP contribution in [0, 0.1) is 0 Å². The van der Waals surface area contributed by atoms with E-state index >= 15 is 0 Å². The molecule has 0 amide bonds. The zero-order chi connectivity index (χ0) is 65.0. The maximum Gasteiger partial charge on any atom is 0.338 e. The summed E-state index contributed by atoms with van der Waals surface area (Å²) in [5.74, 6) is 2.57. The van der Waals surface area contributed by atoms with Gasteiger partial charge in [0.1, 0.15) is 6.61 Å². The molecule has 0 radical (unpaired) electrons. The Bertz CT molecular complexity index is 5670. The van der Waals surface area contributed by atoms with Crippen LogP contribution in [0.1, 0.15) is 15.9 Å². The third-order valence-corrected chi connectivity index (χ3v) is 18.6. The molecule has 12 heteroatoms. The first-order valence-corrected chi connectivity index (χ1v) is 32.8. The number of aromatic nitrogens is 7. The molecule has 18 rings (SSSR count). The van der Waals surface area contributed by atoms with Crippen molar-refractivity contribution in [3.8, 4) is 85.1 Å². The Morgan fingerprint density at radius 3 is 1.31 bits per heavy atom. The van der Waals surface area contributed by atoms with Crippen LogP contribution in [0.3, 0.4) is 0 Å². The summed E-state index contributed by atoms with van der Waals surface area (Å²) in [5, 5.41) is 1.83. The molecular weight excluding hydrogens is 1200 g/mol. The predicted octanol–water partition coefficient (Wildman–Crippen LogP) is 18.3. The summed E-state index contributed by atoms with van der Waals surface area (Å²) in [5.41, 5.74) is 21.5. The quantitative estimate of drug-likeness (QED) is 0.0816. The first-order valence-electron chi connectivity index (χ1n) is 32.8. The smallest absolute Gasteiger partial charge is 0.338 e. The number of hydrogen-bond acceptors (Lipinski definition) is 10. The van der Waals surface area contributed by atoms with Crippen LogP contribution in [0.5, 0.6) is 0 Å². The summed E-state index contributed by atoms with van der Waals surface area (Å²) in [7, 11) is 0. The van der Waals surface area contributed by atoms with E-state index < -0.39 is 5.97 Å². The van der Waals surface area contributed by atoms with Crippen LogP contribution < -0.4 is 26.2 Å². The lowest BCUT2D eigenvalue weighted by atomic mass is 9.33. The van der Waals surface area contributed by atoms with Crippen LogP contribution in [0.25, 0.3) is 107 Å². The monoisotopic (exact) mass is 1260 g/mol. The van der Waals surface area contributed by atoms with Crippen molar-refractivity contribution in [3.05, 3.63) is 339 Å². The summed E-state index contributed by atoms with van der Waals surface area (Å²) < 4.78 is 8.11. The van der Waals surface area contributed by atoms with E-state index in [1.165, 1.54) is 27.8 Å². The molecule has 0 spiro atoms. The Morgan fingerprint density at radius 1 is 0.316 bits per heavy atom. The molecule has 0 atom stereocenters. The molecule has 2 aliphatic rings. The van der Waals surface area contributed by atoms with E-state index in [4.69, 9.17) is 34.6 Å². The first kappa shape index (κ1) is 57.5. The van der Waals surface area contributed by atoms with Gasteiger partial charge in [-0.25, -0.2) is 34.7 Å². The highest BCUT2D eigenvalue weighted by atomic mass is 16.5. The van der Waals surface area contributed by atoms with Gasteiger partial charge in [-0.15, -0.1) is 0 Å². The second-order valence-electron chi connectivity index (χ2n) is 24.5. The fraction of sp³-hybridized carbons (Fsp3) is 0.0116. The normalized spacial score (nSPS) is 12.1. The third kappa shape index (κ3) is 10.2.